The molecule has 0 aliphatic carbocycles. The van der Waals surface area contributed by atoms with Gasteiger partial charge in [0.15, 0.2) is 0 Å². The van der Waals surface area contributed by atoms with Gasteiger partial charge in [0, 0.05) is 10.8 Å². The van der Waals surface area contributed by atoms with Crippen LogP contribution in [-0.4, -0.2) is 0 Å². The van der Waals surface area contributed by atoms with Gasteiger partial charge in [-0.2, -0.15) is 0 Å². The molecule has 0 amide bonds. The second kappa shape index (κ2) is 9.44. The lowest BCUT2D eigenvalue weighted by atomic mass is 9.83. The molecule has 1 nitrogen and oxygen atoms in total. The molecule has 200 valence electrons. The number of furan rings is 1. The SMILES string of the molecule is [2H]c1c([2H])c([2H])c(-c2cc(-c3c4ccccc4c(-c4c([2H])c([2H])c([2H])c5oc6c([2H])c([2H])c([2H])c([2H])c6c45)c4ccccc34)cc3ccccc23)c([2H])c1[2H]. The van der Waals surface area contributed by atoms with E-state index in [0.29, 0.717) is 32.8 Å². The molecule has 0 atom stereocenters. The highest BCUT2D eigenvalue weighted by atomic mass is 16.3. The Morgan fingerprint density at radius 2 is 1.02 bits per heavy atom. The molecule has 0 unspecified atom stereocenters. The predicted octanol–water partition coefficient (Wildman–Crippen LogP) is 12.0. The molecule has 0 spiro atoms. The van der Waals surface area contributed by atoms with Gasteiger partial charge < -0.3 is 4.42 Å². The van der Waals surface area contributed by atoms with E-state index in [2.05, 4.69) is 0 Å². The fraction of sp³-hybridized carbons (Fsp3) is 0. The van der Waals surface area contributed by atoms with Crippen molar-refractivity contribution >= 4 is 54.3 Å². The summed E-state index contributed by atoms with van der Waals surface area (Å²) in [7, 11) is 0. The number of hydrogen-bond donors (Lipinski definition) is 0. The Hall–Kier alpha value is -5.66. The van der Waals surface area contributed by atoms with E-state index in [4.69, 9.17) is 19.5 Å². The van der Waals surface area contributed by atoms with Crippen LogP contribution in [0.3, 0.4) is 0 Å². The van der Waals surface area contributed by atoms with Gasteiger partial charge in [0.1, 0.15) is 11.2 Å². The fourth-order valence-electron chi connectivity index (χ4n) is 6.30. The van der Waals surface area contributed by atoms with E-state index in [0.717, 1.165) is 21.7 Å². The van der Waals surface area contributed by atoms with E-state index in [9.17, 15) is 1.37 Å². The van der Waals surface area contributed by atoms with Gasteiger partial charge in [-0.15, -0.1) is 0 Å². The summed E-state index contributed by atoms with van der Waals surface area (Å²) in [5, 5.41) is 4.39. The molecular weight excluding hydrogens is 520 g/mol. The molecule has 0 aliphatic heterocycles. The number of rotatable bonds is 3. The van der Waals surface area contributed by atoms with Crippen molar-refractivity contribution in [2.45, 2.75) is 0 Å². The molecule has 0 N–H and O–H groups in total. The van der Waals surface area contributed by atoms with E-state index in [1.165, 1.54) is 0 Å². The average Bonchev–Trinajstić information content (AvgIpc) is 3.60. The Balaban J connectivity index is 1.47. The highest BCUT2D eigenvalue weighted by Gasteiger charge is 2.20. The van der Waals surface area contributed by atoms with Crippen LogP contribution in [0.15, 0.2) is 162 Å². The number of benzene rings is 8. The molecule has 0 saturated heterocycles. The highest BCUT2D eigenvalue weighted by Crippen LogP contribution is 2.47. The van der Waals surface area contributed by atoms with E-state index in [-0.39, 0.29) is 57.2 Å². The van der Waals surface area contributed by atoms with Crippen LogP contribution in [0.5, 0.6) is 0 Å². The first-order valence-electron chi connectivity index (χ1n) is 19.8. The smallest absolute Gasteiger partial charge is 0.136 e. The molecule has 9 aromatic rings. The molecule has 9 rings (SSSR count). The van der Waals surface area contributed by atoms with Crippen LogP contribution in [0.25, 0.3) is 87.6 Å². The van der Waals surface area contributed by atoms with Crippen LogP contribution in [0.1, 0.15) is 16.4 Å². The Labute approximate surface area is 266 Å². The van der Waals surface area contributed by atoms with Crippen molar-refractivity contribution in [1.82, 2.24) is 0 Å². The highest BCUT2D eigenvalue weighted by molar-refractivity contribution is 6.26. The zero-order chi connectivity index (χ0) is 38.8. The summed E-state index contributed by atoms with van der Waals surface area (Å²) in [4.78, 5) is 0. The third-order valence-electron chi connectivity index (χ3n) is 8.05. The first-order chi connectivity index (χ1) is 26.3. The monoisotopic (exact) mass is 558 g/mol. The van der Waals surface area contributed by atoms with Gasteiger partial charge in [-0.25, -0.2) is 0 Å². The van der Waals surface area contributed by atoms with E-state index in [1.807, 2.05) is 84.9 Å². The summed E-state index contributed by atoms with van der Waals surface area (Å²) in [5.41, 5.74) is 2.42. The van der Waals surface area contributed by atoms with Gasteiger partial charge in [0.25, 0.3) is 0 Å². The number of hydrogen-bond acceptors (Lipinski definition) is 1. The lowest BCUT2D eigenvalue weighted by Gasteiger charge is -2.19. The van der Waals surface area contributed by atoms with Crippen molar-refractivity contribution in [3.63, 3.8) is 0 Å². The maximum absolute atomic E-state index is 9.34. The zero-order valence-electron chi connectivity index (χ0n) is 34.5. The van der Waals surface area contributed by atoms with Crippen LogP contribution in [-0.2, 0) is 0 Å². The van der Waals surface area contributed by atoms with Gasteiger partial charge >= 0.3 is 0 Å². The second-order valence-electron chi connectivity index (χ2n) is 10.3. The Morgan fingerprint density at radius 3 is 1.77 bits per heavy atom. The summed E-state index contributed by atoms with van der Waals surface area (Å²) < 4.78 is 110. The number of para-hydroxylation sites is 1. The van der Waals surface area contributed by atoms with Gasteiger partial charge in [0.2, 0.25) is 0 Å². The van der Waals surface area contributed by atoms with Crippen molar-refractivity contribution < 1.29 is 20.9 Å². The van der Waals surface area contributed by atoms with Crippen LogP contribution in [0.4, 0.5) is 0 Å². The minimum absolute atomic E-state index is 0.0213. The van der Waals surface area contributed by atoms with E-state index in [1.54, 1.807) is 0 Å². The van der Waals surface area contributed by atoms with Gasteiger partial charge in [-0.3, -0.25) is 0 Å². The molecule has 0 aliphatic rings. The second-order valence-corrected chi connectivity index (χ2v) is 10.3. The van der Waals surface area contributed by atoms with Crippen molar-refractivity contribution in [1.29, 1.82) is 0 Å². The Morgan fingerprint density at radius 1 is 0.419 bits per heavy atom. The lowest BCUT2D eigenvalue weighted by molar-refractivity contribution is 0.669. The summed E-state index contributed by atoms with van der Waals surface area (Å²) in [5.74, 6) is 0. The molecule has 0 fully saturated rings. The Bertz CT molecular complexity index is 3100. The molecule has 8 aromatic carbocycles. The van der Waals surface area contributed by atoms with Gasteiger partial charge in [-0.1, -0.05) is 133 Å². The van der Waals surface area contributed by atoms with Crippen LogP contribution >= 0.6 is 0 Å². The summed E-state index contributed by atoms with van der Waals surface area (Å²) in [6.45, 7) is 0. The van der Waals surface area contributed by atoms with E-state index < -0.39 is 48.3 Å². The zero-order valence-corrected chi connectivity index (χ0v) is 22.5. The molecule has 1 aromatic heterocycles. The first kappa shape index (κ1) is 15.0. The summed E-state index contributed by atoms with van der Waals surface area (Å²) in [6, 6.07) is 21.4. The number of fused-ring (bicyclic) bond motifs is 6. The summed E-state index contributed by atoms with van der Waals surface area (Å²) >= 11 is 0. The third-order valence-corrected chi connectivity index (χ3v) is 8.05. The first-order valence-corrected chi connectivity index (χ1v) is 13.8. The molecule has 1 heterocycles. The maximum atomic E-state index is 9.34. The predicted molar refractivity (Wildman–Crippen MR) is 183 cm³/mol. The van der Waals surface area contributed by atoms with Crippen molar-refractivity contribution in [2.75, 3.05) is 0 Å². The normalized spacial score (nSPS) is 15.6. The third kappa shape index (κ3) is 3.65. The lowest BCUT2D eigenvalue weighted by Crippen LogP contribution is -1.92. The van der Waals surface area contributed by atoms with Gasteiger partial charge in [0.05, 0.1) is 16.4 Å². The topological polar surface area (TPSA) is 13.1 Å². The van der Waals surface area contributed by atoms with Crippen LogP contribution < -0.4 is 0 Å². The van der Waals surface area contributed by atoms with Crippen molar-refractivity contribution in [2.24, 2.45) is 0 Å². The summed E-state index contributed by atoms with van der Waals surface area (Å²) in [6.07, 6.45) is 0. The quantitative estimate of drug-likeness (QED) is 0.197. The van der Waals surface area contributed by atoms with Crippen molar-refractivity contribution in [3.8, 4) is 33.4 Å². The molecule has 0 bridgehead atoms. The molecule has 43 heavy (non-hydrogen) atoms. The van der Waals surface area contributed by atoms with Crippen LogP contribution in [0.2, 0.25) is 0 Å². The largest absolute Gasteiger partial charge is 0.456 e. The molecular formula is C42H26O. The molecule has 1 heteroatoms. The maximum Gasteiger partial charge on any atom is 0.136 e. The minimum atomic E-state index is -0.500. The minimum Gasteiger partial charge on any atom is -0.456 e. The standard InChI is InChI=1S/C42H26O/c1-2-13-27(14-3-1)37-26-29(25-28-15-4-5-16-30(28)37)40-31-17-6-8-19-33(31)41(34-20-9-7-18-32(34)40)36-22-12-24-39-42(36)35-21-10-11-23-38(35)43-39/h1-26H/i1D,2D,3D,10D,11D,12D,13D,14D,21D,22D,23D,24D. The average molecular weight is 559 g/mol. The fourth-order valence-corrected chi connectivity index (χ4v) is 6.30. The van der Waals surface area contributed by atoms with Gasteiger partial charge in [-0.05, 0) is 89.9 Å². The van der Waals surface area contributed by atoms with Crippen LogP contribution in [0, 0.1) is 0 Å². The van der Waals surface area contributed by atoms with Crippen molar-refractivity contribution in [3.05, 3.63) is 157 Å². The Kier molecular flexibility index (Phi) is 3.29. The molecule has 0 radical (unpaired) electrons. The van der Waals surface area contributed by atoms with E-state index >= 15 is 0 Å². The molecule has 0 saturated carbocycles.